The van der Waals surface area contributed by atoms with Crippen molar-refractivity contribution in [2.24, 2.45) is 13.0 Å². The second-order valence-corrected chi connectivity index (χ2v) is 7.25. The van der Waals surface area contributed by atoms with Crippen LogP contribution in [0, 0.1) is 5.92 Å². The van der Waals surface area contributed by atoms with E-state index in [4.69, 9.17) is 4.74 Å². The molecule has 0 radical (unpaired) electrons. The summed E-state index contributed by atoms with van der Waals surface area (Å²) in [5.41, 5.74) is 1.34. The Morgan fingerprint density at radius 2 is 1.96 bits per heavy atom. The largest absolute Gasteiger partial charge is 0.469 e. The summed E-state index contributed by atoms with van der Waals surface area (Å²) in [6, 6.07) is 8.92. The van der Waals surface area contributed by atoms with Crippen LogP contribution in [0.1, 0.15) is 28.5 Å². The van der Waals surface area contributed by atoms with Crippen LogP contribution in [-0.2, 0) is 21.4 Å². The van der Waals surface area contributed by atoms with Crippen molar-refractivity contribution in [3.8, 4) is 0 Å². The van der Waals surface area contributed by atoms with E-state index in [1.165, 1.54) is 13.3 Å². The quantitative estimate of drug-likeness (QED) is 0.740. The fraction of sp³-hybridized carbons (Fsp3) is 0.400. The van der Waals surface area contributed by atoms with Crippen LogP contribution in [0.25, 0.3) is 0 Å². The van der Waals surface area contributed by atoms with Crippen molar-refractivity contribution < 1.29 is 19.1 Å². The van der Waals surface area contributed by atoms with E-state index in [9.17, 15) is 14.4 Å². The van der Waals surface area contributed by atoms with Crippen molar-refractivity contribution in [2.45, 2.75) is 18.5 Å². The molecule has 3 atom stereocenters. The molecular formula is C20H22N4O4. The van der Waals surface area contributed by atoms with Gasteiger partial charge in [-0.05, 0) is 12.0 Å². The molecule has 0 spiro atoms. The van der Waals surface area contributed by atoms with E-state index in [0.717, 1.165) is 5.56 Å². The highest BCUT2D eigenvalue weighted by Gasteiger charge is 2.51. The third kappa shape index (κ3) is 2.94. The minimum Gasteiger partial charge on any atom is -0.469 e. The van der Waals surface area contributed by atoms with Gasteiger partial charge in [0.25, 0.3) is 5.91 Å². The van der Waals surface area contributed by atoms with Gasteiger partial charge in [0, 0.05) is 13.6 Å². The first-order valence-electron chi connectivity index (χ1n) is 9.20. The van der Waals surface area contributed by atoms with E-state index in [0.29, 0.717) is 18.7 Å². The predicted molar refractivity (Wildman–Crippen MR) is 99.1 cm³/mol. The Bertz CT molecular complexity index is 910. The van der Waals surface area contributed by atoms with Crippen LogP contribution in [0.5, 0.6) is 0 Å². The van der Waals surface area contributed by atoms with E-state index >= 15 is 0 Å². The van der Waals surface area contributed by atoms with Gasteiger partial charge in [0.1, 0.15) is 12.2 Å². The number of ether oxygens (including phenoxy) is 1. The second kappa shape index (κ2) is 7.10. The van der Waals surface area contributed by atoms with Crippen molar-refractivity contribution in [3.63, 3.8) is 0 Å². The number of fused-ring (bicyclic) bond motifs is 1. The maximum Gasteiger partial charge on any atom is 0.311 e. The SMILES string of the molecule is COC(=O)[C@H]1C[C@H]2CN(C(=O)c3cncn3C)CC(=O)N2[C@H]1c1ccccc1. The molecule has 2 aliphatic rings. The highest BCUT2D eigenvalue weighted by molar-refractivity contribution is 5.96. The van der Waals surface area contributed by atoms with E-state index in [-0.39, 0.29) is 36.4 Å². The van der Waals surface area contributed by atoms with Gasteiger partial charge in [0.15, 0.2) is 0 Å². The Hall–Kier alpha value is -3.16. The number of rotatable bonds is 3. The van der Waals surface area contributed by atoms with Gasteiger partial charge in [-0.3, -0.25) is 14.4 Å². The topological polar surface area (TPSA) is 84.7 Å². The Labute approximate surface area is 162 Å². The summed E-state index contributed by atoms with van der Waals surface area (Å²) in [4.78, 5) is 45.6. The number of nitrogens with zero attached hydrogens (tertiary/aromatic N) is 4. The van der Waals surface area contributed by atoms with Gasteiger partial charge in [-0.15, -0.1) is 0 Å². The van der Waals surface area contributed by atoms with Crippen LogP contribution in [0.4, 0.5) is 0 Å². The average molecular weight is 382 g/mol. The number of benzene rings is 1. The zero-order valence-electron chi connectivity index (χ0n) is 15.8. The van der Waals surface area contributed by atoms with Crippen LogP contribution < -0.4 is 0 Å². The highest BCUT2D eigenvalue weighted by Crippen LogP contribution is 2.43. The zero-order chi connectivity index (χ0) is 19.8. The number of carbonyl (C=O) groups is 3. The molecular weight excluding hydrogens is 360 g/mol. The van der Waals surface area contributed by atoms with E-state index in [1.54, 1.807) is 27.7 Å². The van der Waals surface area contributed by atoms with Gasteiger partial charge >= 0.3 is 5.97 Å². The maximum atomic E-state index is 13.0. The second-order valence-electron chi connectivity index (χ2n) is 7.25. The fourth-order valence-electron chi connectivity index (χ4n) is 4.34. The number of aromatic nitrogens is 2. The molecule has 8 nitrogen and oxygen atoms in total. The molecule has 0 N–H and O–H groups in total. The molecule has 146 valence electrons. The third-order valence-corrected chi connectivity index (χ3v) is 5.61. The molecule has 1 aromatic carbocycles. The van der Waals surface area contributed by atoms with E-state index in [1.807, 2.05) is 30.3 Å². The monoisotopic (exact) mass is 382 g/mol. The highest BCUT2D eigenvalue weighted by atomic mass is 16.5. The van der Waals surface area contributed by atoms with Gasteiger partial charge in [-0.1, -0.05) is 30.3 Å². The van der Waals surface area contributed by atoms with Gasteiger partial charge in [-0.2, -0.15) is 0 Å². The number of esters is 1. The molecule has 1 aromatic heterocycles. The number of piperazine rings is 1. The van der Waals surface area contributed by atoms with Crippen molar-refractivity contribution >= 4 is 17.8 Å². The van der Waals surface area contributed by atoms with Crippen LogP contribution in [-0.4, -0.2) is 63.4 Å². The molecule has 2 fully saturated rings. The lowest BCUT2D eigenvalue weighted by molar-refractivity contribution is -0.147. The van der Waals surface area contributed by atoms with Gasteiger partial charge < -0.3 is 19.1 Å². The number of amides is 2. The zero-order valence-corrected chi connectivity index (χ0v) is 15.8. The molecule has 28 heavy (non-hydrogen) atoms. The predicted octanol–water partition coefficient (Wildman–Crippen LogP) is 1.01. The standard InChI is InChI=1S/C20H22N4O4/c1-22-12-21-9-16(22)19(26)23-10-14-8-15(20(27)28-2)18(24(14)17(25)11-23)13-6-4-3-5-7-13/h3-7,9,12,14-15,18H,8,10-11H2,1-2H3/t14-,15-,18-/m0/s1. The lowest BCUT2D eigenvalue weighted by Gasteiger charge is -2.40. The molecule has 0 unspecified atom stereocenters. The van der Waals surface area contributed by atoms with Crippen molar-refractivity contribution in [3.05, 3.63) is 54.1 Å². The molecule has 2 amide bonds. The van der Waals surface area contributed by atoms with Crippen molar-refractivity contribution in [1.29, 1.82) is 0 Å². The van der Waals surface area contributed by atoms with Crippen molar-refractivity contribution in [1.82, 2.24) is 19.4 Å². The number of methoxy groups -OCH3 is 1. The summed E-state index contributed by atoms with van der Waals surface area (Å²) >= 11 is 0. The maximum absolute atomic E-state index is 13.0. The normalized spacial score (nSPS) is 24.2. The Balaban J connectivity index is 1.64. The number of aryl methyl sites for hydroxylation is 1. The summed E-state index contributed by atoms with van der Waals surface area (Å²) < 4.78 is 6.64. The third-order valence-electron chi connectivity index (χ3n) is 5.61. The van der Waals surface area contributed by atoms with Gasteiger partial charge in [-0.25, -0.2) is 4.98 Å². The summed E-state index contributed by atoms with van der Waals surface area (Å²) in [6.45, 7) is 0.365. The minimum atomic E-state index is -0.451. The van der Waals surface area contributed by atoms with Crippen LogP contribution in [0.3, 0.4) is 0 Å². The lowest BCUT2D eigenvalue weighted by Crippen LogP contribution is -2.56. The summed E-state index contributed by atoms with van der Waals surface area (Å²) in [7, 11) is 3.11. The Morgan fingerprint density at radius 3 is 2.61 bits per heavy atom. The van der Waals surface area contributed by atoms with E-state index in [2.05, 4.69) is 4.98 Å². The summed E-state index contributed by atoms with van der Waals surface area (Å²) in [6.07, 6.45) is 3.52. The van der Waals surface area contributed by atoms with E-state index < -0.39 is 5.92 Å². The minimum absolute atomic E-state index is 0.0161. The summed E-state index contributed by atoms with van der Waals surface area (Å²) in [5, 5.41) is 0. The molecule has 8 heteroatoms. The smallest absolute Gasteiger partial charge is 0.311 e. The number of hydrogen-bond donors (Lipinski definition) is 0. The average Bonchev–Trinajstić information content (AvgIpc) is 3.31. The molecule has 4 rings (SSSR count). The number of imidazole rings is 1. The Morgan fingerprint density at radius 1 is 1.21 bits per heavy atom. The molecule has 2 aliphatic heterocycles. The summed E-state index contributed by atoms with van der Waals surface area (Å²) in [5.74, 6) is -1.17. The van der Waals surface area contributed by atoms with Crippen LogP contribution >= 0.6 is 0 Å². The molecule has 2 aromatic rings. The first-order chi connectivity index (χ1) is 13.5. The van der Waals surface area contributed by atoms with Crippen LogP contribution in [0.2, 0.25) is 0 Å². The molecule has 0 saturated carbocycles. The molecule has 0 bridgehead atoms. The molecule has 0 aliphatic carbocycles. The first kappa shape index (κ1) is 18.2. The number of hydrogen-bond acceptors (Lipinski definition) is 5. The molecule has 2 saturated heterocycles. The first-order valence-corrected chi connectivity index (χ1v) is 9.20. The van der Waals surface area contributed by atoms with Crippen molar-refractivity contribution in [2.75, 3.05) is 20.2 Å². The van der Waals surface area contributed by atoms with Gasteiger partial charge in [0.2, 0.25) is 5.91 Å². The Kier molecular flexibility index (Phi) is 4.62. The molecule has 3 heterocycles. The van der Waals surface area contributed by atoms with Crippen LogP contribution in [0.15, 0.2) is 42.9 Å². The van der Waals surface area contributed by atoms with Gasteiger partial charge in [0.05, 0.1) is 37.6 Å². The number of carbonyl (C=O) groups excluding carboxylic acids is 3. The fourth-order valence-corrected chi connectivity index (χ4v) is 4.34. The lowest BCUT2D eigenvalue weighted by atomic mass is 9.93.